The number of aromatic nitrogens is 2. The summed E-state index contributed by atoms with van der Waals surface area (Å²) in [6.45, 7) is 2.48. The summed E-state index contributed by atoms with van der Waals surface area (Å²) in [6.07, 6.45) is 1.64. The molecule has 0 aliphatic heterocycles. The Hall–Kier alpha value is -1.81. The third-order valence-electron chi connectivity index (χ3n) is 2.43. The maximum atomic E-state index is 6.03. The molecule has 2 aromatic rings. The average molecular weight is 249 g/mol. The zero-order valence-electron chi connectivity index (χ0n) is 9.44. The highest BCUT2D eigenvalue weighted by atomic mass is 35.5. The van der Waals surface area contributed by atoms with Crippen LogP contribution in [0.1, 0.15) is 11.4 Å². The van der Waals surface area contributed by atoms with E-state index in [-0.39, 0.29) is 0 Å². The topological polar surface area (TPSA) is 63.8 Å². The first-order valence-corrected chi connectivity index (χ1v) is 5.61. The molecule has 2 rings (SSSR count). The molecule has 3 N–H and O–H groups in total. The van der Waals surface area contributed by atoms with E-state index in [4.69, 9.17) is 17.3 Å². The molecule has 4 nitrogen and oxygen atoms in total. The van der Waals surface area contributed by atoms with Gasteiger partial charge in [-0.05, 0) is 30.7 Å². The molecule has 1 heterocycles. The maximum Gasteiger partial charge on any atom is 0.149 e. The van der Waals surface area contributed by atoms with Crippen LogP contribution in [0.15, 0.2) is 30.5 Å². The highest BCUT2D eigenvalue weighted by molar-refractivity contribution is 6.31. The molecular weight excluding hydrogens is 236 g/mol. The Bertz CT molecular complexity index is 528. The lowest BCUT2D eigenvalue weighted by Crippen LogP contribution is -2.06. The van der Waals surface area contributed by atoms with Crippen molar-refractivity contribution in [1.29, 1.82) is 0 Å². The van der Waals surface area contributed by atoms with Gasteiger partial charge in [-0.3, -0.25) is 0 Å². The fourth-order valence-electron chi connectivity index (χ4n) is 1.47. The van der Waals surface area contributed by atoms with Crippen molar-refractivity contribution in [3.05, 3.63) is 46.9 Å². The Morgan fingerprint density at radius 3 is 2.94 bits per heavy atom. The zero-order chi connectivity index (χ0) is 12.3. The zero-order valence-corrected chi connectivity index (χ0v) is 10.2. The summed E-state index contributed by atoms with van der Waals surface area (Å²) in [7, 11) is 0. The highest BCUT2D eigenvalue weighted by Crippen LogP contribution is 2.23. The number of hydrogen-bond acceptors (Lipinski definition) is 4. The first kappa shape index (κ1) is 11.7. The van der Waals surface area contributed by atoms with Crippen molar-refractivity contribution in [3.8, 4) is 0 Å². The summed E-state index contributed by atoms with van der Waals surface area (Å²) < 4.78 is 0. The molecule has 0 bridgehead atoms. The molecule has 88 valence electrons. The average Bonchev–Trinajstić information content (AvgIpc) is 2.31. The van der Waals surface area contributed by atoms with E-state index in [1.807, 2.05) is 25.1 Å². The number of nitrogens with one attached hydrogen (secondary N) is 1. The lowest BCUT2D eigenvalue weighted by molar-refractivity contribution is 0.952. The minimum absolute atomic E-state index is 0.472. The third-order valence-corrected chi connectivity index (χ3v) is 2.84. The second kappa shape index (κ2) is 5.01. The van der Waals surface area contributed by atoms with Crippen LogP contribution in [0.25, 0.3) is 0 Å². The third kappa shape index (κ3) is 2.85. The predicted molar refractivity (Wildman–Crippen MR) is 70.0 cm³/mol. The summed E-state index contributed by atoms with van der Waals surface area (Å²) in [6, 6.07) is 7.39. The smallest absolute Gasteiger partial charge is 0.149 e. The summed E-state index contributed by atoms with van der Waals surface area (Å²) >= 11 is 6.03. The van der Waals surface area contributed by atoms with Crippen molar-refractivity contribution >= 4 is 23.1 Å². The van der Waals surface area contributed by atoms with Gasteiger partial charge in [-0.25, -0.2) is 9.97 Å². The fourth-order valence-corrected chi connectivity index (χ4v) is 1.65. The normalized spacial score (nSPS) is 10.2. The molecule has 0 atom stereocenters. The van der Waals surface area contributed by atoms with Crippen LogP contribution in [0.2, 0.25) is 5.02 Å². The van der Waals surface area contributed by atoms with E-state index in [0.717, 1.165) is 16.3 Å². The van der Waals surface area contributed by atoms with Crippen molar-refractivity contribution in [2.75, 3.05) is 11.1 Å². The van der Waals surface area contributed by atoms with Gasteiger partial charge in [-0.15, -0.1) is 0 Å². The minimum Gasteiger partial charge on any atom is -0.384 e. The summed E-state index contributed by atoms with van der Waals surface area (Å²) in [5.41, 5.74) is 7.57. The number of hydrogen-bond donors (Lipinski definition) is 2. The lowest BCUT2D eigenvalue weighted by Gasteiger charge is -2.09. The SMILES string of the molecule is Cc1c(Cl)cccc1NCc1nccc(N)n1. The molecular formula is C12H13ClN4. The van der Waals surface area contributed by atoms with Gasteiger partial charge in [-0.2, -0.15) is 0 Å². The molecule has 0 unspecified atom stereocenters. The van der Waals surface area contributed by atoms with Crippen LogP contribution in [0.5, 0.6) is 0 Å². The van der Waals surface area contributed by atoms with Crippen LogP contribution in [0, 0.1) is 6.92 Å². The predicted octanol–water partition coefficient (Wildman–Crippen LogP) is 2.63. The molecule has 0 spiro atoms. The molecule has 0 saturated carbocycles. The van der Waals surface area contributed by atoms with E-state index < -0.39 is 0 Å². The van der Waals surface area contributed by atoms with E-state index in [0.29, 0.717) is 18.2 Å². The van der Waals surface area contributed by atoms with Gasteiger partial charge in [0.15, 0.2) is 0 Å². The van der Waals surface area contributed by atoms with Crippen molar-refractivity contribution in [2.45, 2.75) is 13.5 Å². The Morgan fingerprint density at radius 1 is 1.35 bits per heavy atom. The van der Waals surface area contributed by atoms with Crippen molar-refractivity contribution in [2.24, 2.45) is 0 Å². The maximum absolute atomic E-state index is 6.03. The van der Waals surface area contributed by atoms with Crippen LogP contribution < -0.4 is 11.1 Å². The number of nitrogens with zero attached hydrogens (tertiary/aromatic N) is 2. The molecule has 1 aromatic heterocycles. The first-order chi connectivity index (χ1) is 8.16. The molecule has 0 fully saturated rings. The van der Waals surface area contributed by atoms with Gasteiger partial charge in [0.25, 0.3) is 0 Å². The Morgan fingerprint density at radius 2 is 2.18 bits per heavy atom. The van der Waals surface area contributed by atoms with E-state index >= 15 is 0 Å². The quantitative estimate of drug-likeness (QED) is 0.877. The molecule has 0 radical (unpaired) electrons. The van der Waals surface area contributed by atoms with Crippen LogP contribution in [0.3, 0.4) is 0 Å². The summed E-state index contributed by atoms with van der Waals surface area (Å²) in [5, 5.41) is 3.97. The van der Waals surface area contributed by atoms with Crippen molar-refractivity contribution < 1.29 is 0 Å². The van der Waals surface area contributed by atoms with E-state index in [2.05, 4.69) is 15.3 Å². The minimum atomic E-state index is 0.472. The number of halogens is 1. The van der Waals surface area contributed by atoms with Gasteiger partial charge >= 0.3 is 0 Å². The second-order valence-corrected chi connectivity index (χ2v) is 4.07. The van der Waals surface area contributed by atoms with Crippen LogP contribution in [0.4, 0.5) is 11.5 Å². The Kier molecular flexibility index (Phi) is 3.44. The van der Waals surface area contributed by atoms with Gasteiger partial charge in [0.1, 0.15) is 11.6 Å². The van der Waals surface area contributed by atoms with Gasteiger partial charge in [-0.1, -0.05) is 17.7 Å². The molecule has 0 aliphatic carbocycles. The van der Waals surface area contributed by atoms with E-state index in [9.17, 15) is 0 Å². The number of benzene rings is 1. The van der Waals surface area contributed by atoms with E-state index in [1.54, 1.807) is 12.3 Å². The van der Waals surface area contributed by atoms with Crippen molar-refractivity contribution in [1.82, 2.24) is 9.97 Å². The van der Waals surface area contributed by atoms with Gasteiger partial charge < -0.3 is 11.1 Å². The summed E-state index contributed by atoms with van der Waals surface area (Å²) in [4.78, 5) is 8.23. The van der Waals surface area contributed by atoms with Gasteiger partial charge in [0, 0.05) is 16.9 Å². The van der Waals surface area contributed by atoms with Gasteiger partial charge in [0.05, 0.1) is 6.54 Å². The Labute approximate surface area is 105 Å². The largest absolute Gasteiger partial charge is 0.384 e. The number of rotatable bonds is 3. The number of nitrogen functional groups attached to an aromatic ring is 1. The molecule has 17 heavy (non-hydrogen) atoms. The molecule has 0 saturated heterocycles. The first-order valence-electron chi connectivity index (χ1n) is 5.23. The van der Waals surface area contributed by atoms with Crippen LogP contribution in [-0.2, 0) is 6.54 Å². The van der Waals surface area contributed by atoms with E-state index in [1.165, 1.54) is 0 Å². The fraction of sp³-hybridized carbons (Fsp3) is 0.167. The standard InChI is InChI=1S/C12H13ClN4/c1-8-9(13)3-2-4-10(8)16-7-12-15-6-5-11(14)17-12/h2-6,16H,7H2,1H3,(H2,14,15,17). The van der Waals surface area contributed by atoms with Crippen molar-refractivity contribution in [3.63, 3.8) is 0 Å². The monoisotopic (exact) mass is 248 g/mol. The summed E-state index contributed by atoms with van der Waals surface area (Å²) in [5.74, 6) is 1.13. The number of anilines is 2. The number of nitrogens with two attached hydrogens (primary N) is 1. The van der Waals surface area contributed by atoms with Crippen LogP contribution in [-0.4, -0.2) is 9.97 Å². The Balaban J connectivity index is 2.10. The lowest BCUT2D eigenvalue weighted by atomic mass is 10.2. The van der Waals surface area contributed by atoms with Gasteiger partial charge in [0.2, 0.25) is 0 Å². The highest BCUT2D eigenvalue weighted by Gasteiger charge is 2.02. The molecule has 1 aromatic carbocycles. The van der Waals surface area contributed by atoms with Crippen LogP contribution >= 0.6 is 11.6 Å². The molecule has 5 heteroatoms. The second-order valence-electron chi connectivity index (χ2n) is 3.66. The molecule has 0 aliphatic rings. The molecule has 0 amide bonds.